The molecule has 0 aliphatic rings. The largest absolute Gasteiger partial charge is 0.510 e. The first-order valence-corrected chi connectivity index (χ1v) is 14.6. The molecule has 0 saturated heterocycles. The third-order valence-corrected chi connectivity index (χ3v) is 8.07. The zero-order valence-electron chi connectivity index (χ0n) is 26.7. The maximum absolute atomic E-state index is 13.4. The third-order valence-electron chi connectivity index (χ3n) is 8.07. The monoisotopic (exact) mass is 598 g/mol. The van der Waals surface area contributed by atoms with Gasteiger partial charge in [0, 0.05) is 11.1 Å². The molecule has 0 bridgehead atoms. The van der Waals surface area contributed by atoms with Crippen molar-refractivity contribution in [2.75, 3.05) is 0 Å². The predicted octanol–water partition coefficient (Wildman–Crippen LogP) is 9.79. The highest BCUT2D eigenvalue weighted by Crippen LogP contribution is 2.38. The predicted molar refractivity (Wildman–Crippen MR) is 171 cm³/mol. The summed E-state index contributed by atoms with van der Waals surface area (Å²) in [6.45, 7) is 14.5. The van der Waals surface area contributed by atoms with Gasteiger partial charge in [-0.05, 0) is 88.8 Å². The van der Waals surface area contributed by atoms with E-state index in [9.17, 15) is 15.3 Å². The van der Waals surface area contributed by atoms with Gasteiger partial charge in [0.05, 0.1) is 0 Å². The fourth-order valence-corrected chi connectivity index (χ4v) is 5.27. The molecule has 44 heavy (non-hydrogen) atoms. The first kappa shape index (κ1) is 32.9. The number of benzene rings is 4. The lowest BCUT2D eigenvalue weighted by atomic mass is 9.88. The summed E-state index contributed by atoms with van der Waals surface area (Å²) in [5.74, 6) is 0. The maximum atomic E-state index is 13.4. The van der Waals surface area contributed by atoms with Gasteiger partial charge in [-0.1, -0.05) is 97.1 Å². The van der Waals surface area contributed by atoms with Crippen molar-refractivity contribution in [3.8, 4) is 22.3 Å². The normalized spacial score (nSPS) is 12.6. The van der Waals surface area contributed by atoms with Crippen LogP contribution in [0.5, 0.6) is 0 Å². The van der Waals surface area contributed by atoms with E-state index in [1.807, 2.05) is 125 Å². The highest BCUT2D eigenvalue weighted by molar-refractivity contribution is 5.72. The van der Waals surface area contributed by atoms with E-state index in [0.29, 0.717) is 0 Å². The van der Waals surface area contributed by atoms with Crippen molar-refractivity contribution in [1.29, 1.82) is 0 Å². The SMILES string of the molecule is CC(C)(OO)c1ccc(-c2ccccc2C(C)(C)OC(=O)OC(C)(C)c2ccccc2-c2ccc(C(C)(C)OO)cc2)cc1. The molecular weight excluding hydrogens is 556 g/mol. The minimum Gasteiger partial charge on any atom is -0.423 e. The Hall–Kier alpha value is -4.01. The summed E-state index contributed by atoms with van der Waals surface area (Å²) in [4.78, 5) is 22.6. The summed E-state index contributed by atoms with van der Waals surface area (Å²) < 4.78 is 12.0. The molecule has 0 radical (unpaired) electrons. The molecule has 0 saturated carbocycles. The van der Waals surface area contributed by atoms with E-state index in [1.54, 1.807) is 27.7 Å². The van der Waals surface area contributed by atoms with Crippen molar-refractivity contribution < 1.29 is 34.6 Å². The standard InChI is InChI=1S/C37H42O7/c1-34(2,43-39)27-21-17-25(18-22-27)29-13-9-11-15-31(29)36(5,6)41-33(38)42-37(7,8)32-16-12-10-14-30(32)26-19-23-28(24-20-26)35(3,4)44-40/h9-24,39-40H,1-8H3. The van der Waals surface area contributed by atoms with Crippen LogP contribution in [0.2, 0.25) is 0 Å². The van der Waals surface area contributed by atoms with Crippen LogP contribution in [0.3, 0.4) is 0 Å². The van der Waals surface area contributed by atoms with Crippen LogP contribution in [0.1, 0.15) is 77.6 Å². The third kappa shape index (κ3) is 7.03. The molecule has 0 fully saturated rings. The van der Waals surface area contributed by atoms with Crippen molar-refractivity contribution in [1.82, 2.24) is 0 Å². The van der Waals surface area contributed by atoms with Crippen molar-refractivity contribution in [2.45, 2.75) is 77.8 Å². The lowest BCUT2D eigenvalue weighted by Gasteiger charge is -2.32. The number of rotatable bonds is 10. The van der Waals surface area contributed by atoms with Gasteiger partial charge < -0.3 is 9.47 Å². The van der Waals surface area contributed by atoms with Gasteiger partial charge in [0.25, 0.3) is 0 Å². The maximum Gasteiger partial charge on any atom is 0.510 e. The Labute approximate surface area is 259 Å². The molecule has 0 aliphatic heterocycles. The Bertz CT molecular complexity index is 1460. The molecule has 0 unspecified atom stereocenters. The molecule has 0 heterocycles. The Kier molecular flexibility index (Phi) is 9.37. The minimum atomic E-state index is -1.02. The van der Waals surface area contributed by atoms with Crippen LogP contribution in [0.15, 0.2) is 97.1 Å². The number of hydrogen-bond donors (Lipinski definition) is 2. The topological polar surface area (TPSA) is 94.5 Å². The Balaban J connectivity index is 1.57. The zero-order valence-corrected chi connectivity index (χ0v) is 26.7. The lowest BCUT2D eigenvalue weighted by Crippen LogP contribution is -2.32. The second kappa shape index (κ2) is 12.5. The van der Waals surface area contributed by atoms with Gasteiger partial charge >= 0.3 is 6.16 Å². The number of carbonyl (C=O) groups is 1. The van der Waals surface area contributed by atoms with Crippen LogP contribution in [0.25, 0.3) is 22.3 Å². The van der Waals surface area contributed by atoms with E-state index in [0.717, 1.165) is 44.5 Å². The summed E-state index contributed by atoms with van der Waals surface area (Å²) >= 11 is 0. The Morgan fingerprint density at radius 3 is 1.11 bits per heavy atom. The first-order valence-electron chi connectivity index (χ1n) is 14.6. The van der Waals surface area contributed by atoms with E-state index in [2.05, 4.69) is 9.78 Å². The molecule has 4 rings (SSSR count). The summed E-state index contributed by atoms with van der Waals surface area (Å²) in [5, 5.41) is 18.5. The van der Waals surface area contributed by atoms with Gasteiger partial charge in [0.15, 0.2) is 0 Å². The smallest absolute Gasteiger partial charge is 0.423 e. The average molecular weight is 599 g/mol. The molecule has 2 N–H and O–H groups in total. The van der Waals surface area contributed by atoms with Gasteiger partial charge in [-0.25, -0.2) is 14.6 Å². The highest BCUT2D eigenvalue weighted by Gasteiger charge is 2.34. The average Bonchev–Trinajstić information content (AvgIpc) is 3.00. The summed E-state index contributed by atoms with van der Waals surface area (Å²) in [6, 6.07) is 30.9. The van der Waals surface area contributed by atoms with E-state index < -0.39 is 28.6 Å². The fraction of sp³-hybridized carbons (Fsp3) is 0.324. The van der Waals surface area contributed by atoms with Gasteiger partial charge in [0.2, 0.25) is 0 Å². The van der Waals surface area contributed by atoms with E-state index in [1.165, 1.54) is 0 Å². The van der Waals surface area contributed by atoms with E-state index >= 15 is 0 Å². The number of carbonyl (C=O) groups excluding carboxylic acids is 1. The number of hydrogen-bond acceptors (Lipinski definition) is 7. The van der Waals surface area contributed by atoms with Gasteiger partial charge in [-0.2, -0.15) is 0 Å². The molecular formula is C37H42O7. The minimum absolute atomic E-state index is 0.793. The Morgan fingerprint density at radius 2 is 0.795 bits per heavy atom. The molecule has 0 aromatic heterocycles. The van der Waals surface area contributed by atoms with Gasteiger partial charge in [-0.3, -0.25) is 10.5 Å². The fourth-order valence-electron chi connectivity index (χ4n) is 5.27. The number of ether oxygens (including phenoxy) is 2. The molecule has 7 heteroatoms. The van der Waals surface area contributed by atoms with Crippen LogP contribution in [0.4, 0.5) is 4.79 Å². The molecule has 0 atom stereocenters. The van der Waals surface area contributed by atoms with Gasteiger partial charge in [0.1, 0.15) is 22.4 Å². The second-order valence-corrected chi connectivity index (χ2v) is 12.9. The van der Waals surface area contributed by atoms with Crippen molar-refractivity contribution in [2.24, 2.45) is 0 Å². The zero-order chi connectivity index (χ0) is 32.3. The van der Waals surface area contributed by atoms with E-state index in [4.69, 9.17) is 9.47 Å². The molecule has 4 aromatic carbocycles. The molecule has 0 amide bonds. The van der Waals surface area contributed by atoms with Crippen molar-refractivity contribution in [3.63, 3.8) is 0 Å². The van der Waals surface area contributed by atoms with Crippen LogP contribution < -0.4 is 0 Å². The van der Waals surface area contributed by atoms with Crippen LogP contribution >= 0.6 is 0 Å². The van der Waals surface area contributed by atoms with Crippen molar-refractivity contribution in [3.05, 3.63) is 119 Å². The summed E-state index contributed by atoms with van der Waals surface area (Å²) in [7, 11) is 0. The van der Waals surface area contributed by atoms with Gasteiger partial charge in [-0.15, -0.1) is 0 Å². The second-order valence-electron chi connectivity index (χ2n) is 12.9. The van der Waals surface area contributed by atoms with Crippen LogP contribution in [-0.4, -0.2) is 16.7 Å². The Morgan fingerprint density at radius 1 is 0.477 bits per heavy atom. The molecule has 7 nitrogen and oxygen atoms in total. The van der Waals surface area contributed by atoms with Crippen LogP contribution in [0, 0.1) is 0 Å². The highest BCUT2D eigenvalue weighted by atomic mass is 17.1. The molecule has 4 aromatic rings. The molecule has 232 valence electrons. The summed E-state index contributed by atoms with van der Waals surface area (Å²) in [6.07, 6.45) is -0.793. The van der Waals surface area contributed by atoms with Crippen LogP contribution in [-0.2, 0) is 41.7 Å². The lowest BCUT2D eigenvalue weighted by molar-refractivity contribution is -0.318. The quantitative estimate of drug-likeness (QED) is 0.107. The molecule has 0 spiro atoms. The first-order chi connectivity index (χ1) is 20.6. The van der Waals surface area contributed by atoms with Crippen molar-refractivity contribution >= 4 is 6.16 Å². The van der Waals surface area contributed by atoms with E-state index in [-0.39, 0.29) is 0 Å². The summed E-state index contributed by atoms with van der Waals surface area (Å²) in [5.41, 5.74) is 3.21. The molecule has 0 aliphatic carbocycles.